The first-order chi connectivity index (χ1) is 9.25. The average molecular weight is 278 g/mol. The first-order valence-corrected chi connectivity index (χ1v) is 6.82. The monoisotopic (exact) mass is 277 g/mol. The Labute approximate surface area is 118 Å². The third-order valence-corrected chi connectivity index (χ3v) is 3.34. The molecule has 0 aliphatic heterocycles. The van der Waals surface area contributed by atoms with E-state index >= 15 is 0 Å². The van der Waals surface area contributed by atoms with Crippen molar-refractivity contribution in [1.82, 2.24) is 5.32 Å². The summed E-state index contributed by atoms with van der Waals surface area (Å²) in [5.74, 6) is -0.294. The second kappa shape index (κ2) is 7.27. The van der Waals surface area contributed by atoms with Crippen molar-refractivity contribution < 1.29 is 4.39 Å². The molecule has 1 N–H and O–H groups in total. The molecule has 2 aromatic carbocycles. The van der Waals surface area contributed by atoms with Crippen LogP contribution in [0.2, 0.25) is 5.02 Å². The van der Waals surface area contributed by atoms with Crippen LogP contribution in [0.5, 0.6) is 0 Å². The lowest BCUT2D eigenvalue weighted by molar-refractivity contribution is 0.622. The zero-order valence-corrected chi connectivity index (χ0v) is 11.5. The summed E-state index contributed by atoms with van der Waals surface area (Å²) in [4.78, 5) is 0. The zero-order valence-electron chi connectivity index (χ0n) is 10.7. The van der Waals surface area contributed by atoms with Crippen LogP contribution in [0.25, 0.3) is 0 Å². The predicted octanol–water partition coefficient (Wildman–Crippen LogP) is 4.20. The Morgan fingerprint density at radius 3 is 2.58 bits per heavy atom. The van der Waals surface area contributed by atoms with Gasteiger partial charge in [-0.05, 0) is 42.6 Å². The van der Waals surface area contributed by atoms with Gasteiger partial charge < -0.3 is 5.32 Å². The van der Waals surface area contributed by atoms with Gasteiger partial charge in [0.15, 0.2) is 0 Å². The summed E-state index contributed by atoms with van der Waals surface area (Å²) >= 11 is 5.96. The molecule has 19 heavy (non-hydrogen) atoms. The second-order valence-corrected chi connectivity index (χ2v) is 4.91. The number of benzene rings is 2. The van der Waals surface area contributed by atoms with Crippen molar-refractivity contribution in [2.75, 3.05) is 6.54 Å². The molecule has 0 radical (unpaired) electrons. The molecule has 0 saturated carbocycles. The number of aryl methyl sites for hydroxylation is 1. The molecular formula is C16H17ClFN. The van der Waals surface area contributed by atoms with E-state index < -0.39 is 0 Å². The predicted molar refractivity (Wildman–Crippen MR) is 77.9 cm³/mol. The Kier molecular flexibility index (Phi) is 5.37. The fraction of sp³-hybridized carbons (Fsp3) is 0.250. The molecular weight excluding hydrogens is 261 g/mol. The molecule has 2 rings (SSSR count). The summed E-state index contributed by atoms with van der Waals surface area (Å²) in [6.07, 6.45) is 2.13. The van der Waals surface area contributed by atoms with Crippen molar-refractivity contribution in [2.24, 2.45) is 0 Å². The van der Waals surface area contributed by atoms with Crippen molar-refractivity contribution in [2.45, 2.75) is 19.4 Å². The normalized spacial score (nSPS) is 10.6. The van der Waals surface area contributed by atoms with Crippen LogP contribution in [-0.2, 0) is 13.0 Å². The van der Waals surface area contributed by atoms with Gasteiger partial charge in [0.2, 0.25) is 0 Å². The molecule has 0 atom stereocenters. The van der Waals surface area contributed by atoms with Gasteiger partial charge in [-0.3, -0.25) is 0 Å². The van der Waals surface area contributed by atoms with Crippen molar-refractivity contribution in [3.63, 3.8) is 0 Å². The minimum absolute atomic E-state index is 0.294. The Morgan fingerprint density at radius 2 is 1.84 bits per heavy atom. The molecule has 0 spiro atoms. The van der Waals surface area contributed by atoms with Crippen LogP contribution in [-0.4, -0.2) is 6.54 Å². The van der Waals surface area contributed by atoms with Gasteiger partial charge in [-0.25, -0.2) is 4.39 Å². The number of hydrogen-bond donors (Lipinski definition) is 1. The van der Waals surface area contributed by atoms with Gasteiger partial charge >= 0.3 is 0 Å². The molecule has 2 aromatic rings. The van der Waals surface area contributed by atoms with E-state index in [1.54, 1.807) is 6.07 Å². The lowest BCUT2D eigenvalue weighted by Gasteiger charge is -2.07. The highest BCUT2D eigenvalue weighted by molar-refractivity contribution is 6.31. The largest absolute Gasteiger partial charge is 0.313 e. The molecule has 0 aromatic heterocycles. The lowest BCUT2D eigenvalue weighted by Crippen LogP contribution is -2.15. The van der Waals surface area contributed by atoms with Gasteiger partial charge in [0.25, 0.3) is 0 Å². The van der Waals surface area contributed by atoms with Gasteiger partial charge in [0, 0.05) is 11.6 Å². The summed E-state index contributed by atoms with van der Waals surface area (Å²) in [5.41, 5.74) is 2.28. The number of rotatable bonds is 6. The smallest absolute Gasteiger partial charge is 0.124 e. The third-order valence-electron chi connectivity index (χ3n) is 2.99. The summed E-state index contributed by atoms with van der Waals surface area (Å²) in [7, 11) is 0. The highest BCUT2D eigenvalue weighted by Gasteiger charge is 2.01. The number of halogens is 2. The Bertz CT molecular complexity index is 513. The zero-order chi connectivity index (χ0) is 13.5. The van der Waals surface area contributed by atoms with Crippen LogP contribution < -0.4 is 5.32 Å². The van der Waals surface area contributed by atoms with Gasteiger partial charge in [-0.1, -0.05) is 48.0 Å². The Hall–Kier alpha value is -1.38. The summed E-state index contributed by atoms with van der Waals surface area (Å²) in [5, 5.41) is 3.81. The Morgan fingerprint density at radius 1 is 1.05 bits per heavy atom. The summed E-state index contributed by atoms with van der Waals surface area (Å²) < 4.78 is 12.9. The molecule has 1 nitrogen and oxygen atoms in total. The SMILES string of the molecule is Fc1ccc(CNCCCc2ccccc2)c(Cl)c1. The fourth-order valence-corrected chi connectivity index (χ4v) is 2.18. The highest BCUT2D eigenvalue weighted by atomic mass is 35.5. The quantitative estimate of drug-likeness (QED) is 0.780. The highest BCUT2D eigenvalue weighted by Crippen LogP contribution is 2.16. The topological polar surface area (TPSA) is 12.0 Å². The molecule has 0 amide bonds. The van der Waals surface area contributed by atoms with Crippen LogP contribution in [0.1, 0.15) is 17.5 Å². The molecule has 100 valence electrons. The molecule has 3 heteroatoms. The van der Waals surface area contributed by atoms with Gasteiger partial charge in [-0.15, -0.1) is 0 Å². The number of nitrogens with one attached hydrogen (secondary N) is 1. The standard InChI is InChI=1S/C16H17ClFN/c17-16-11-15(18)9-8-14(16)12-19-10-4-7-13-5-2-1-3-6-13/h1-3,5-6,8-9,11,19H,4,7,10,12H2. The summed E-state index contributed by atoms with van der Waals surface area (Å²) in [6, 6.07) is 14.9. The third kappa shape index (κ3) is 4.66. The van der Waals surface area contributed by atoms with Crippen molar-refractivity contribution in [1.29, 1.82) is 0 Å². The van der Waals surface area contributed by atoms with E-state index in [2.05, 4.69) is 29.6 Å². The lowest BCUT2D eigenvalue weighted by atomic mass is 10.1. The van der Waals surface area contributed by atoms with Crippen LogP contribution in [0.15, 0.2) is 48.5 Å². The Balaban J connectivity index is 1.69. The van der Waals surface area contributed by atoms with Crippen LogP contribution >= 0.6 is 11.6 Å². The molecule has 0 unspecified atom stereocenters. The first-order valence-electron chi connectivity index (χ1n) is 6.44. The van der Waals surface area contributed by atoms with Crippen molar-refractivity contribution in [3.05, 3.63) is 70.5 Å². The molecule has 0 fully saturated rings. The van der Waals surface area contributed by atoms with Gasteiger partial charge in [-0.2, -0.15) is 0 Å². The first kappa shape index (κ1) is 14.0. The van der Waals surface area contributed by atoms with E-state index in [4.69, 9.17) is 11.6 Å². The van der Waals surface area contributed by atoms with Gasteiger partial charge in [0.1, 0.15) is 5.82 Å². The van der Waals surface area contributed by atoms with E-state index in [1.807, 2.05) is 6.07 Å². The van der Waals surface area contributed by atoms with Crippen LogP contribution in [0.4, 0.5) is 4.39 Å². The molecule has 0 heterocycles. The maximum absolute atomic E-state index is 12.9. The molecule has 0 saturated heterocycles. The molecule has 0 aliphatic rings. The minimum Gasteiger partial charge on any atom is -0.313 e. The minimum atomic E-state index is -0.294. The van der Waals surface area contributed by atoms with E-state index in [1.165, 1.54) is 17.7 Å². The summed E-state index contributed by atoms with van der Waals surface area (Å²) in [6.45, 7) is 1.59. The number of hydrogen-bond acceptors (Lipinski definition) is 1. The van der Waals surface area contributed by atoms with Crippen molar-refractivity contribution in [3.8, 4) is 0 Å². The molecule has 0 aliphatic carbocycles. The van der Waals surface area contributed by atoms with E-state index in [0.29, 0.717) is 11.6 Å². The van der Waals surface area contributed by atoms with E-state index in [-0.39, 0.29) is 5.82 Å². The van der Waals surface area contributed by atoms with Crippen molar-refractivity contribution >= 4 is 11.6 Å². The average Bonchev–Trinajstić information content (AvgIpc) is 2.42. The maximum Gasteiger partial charge on any atom is 0.124 e. The molecule has 0 bridgehead atoms. The second-order valence-electron chi connectivity index (χ2n) is 4.50. The van der Waals surface area contributed by atoms with Crippen LogP contribution in [0, 0.1) is 5.82 Å². The van der Waals surface area contributed by atoms with E-state index in [0.717, 1.165) is 24.9 Å². The maximum atomic E-state index is 12.9. The van der Waals surface area contributed by atoms with Crippen LogP contribution in [0.3, 0.4) is 0 Å². The fourth-order valence-electron chi connectivity index (χ4n) is 1.95. The van der Waals surface area contributed by atoms with E-state index in [9.17, 15) is 4.39 Å². The van der Waals surface area contributed by atoms with Gasteiger partial charge in [0.05, 0.1) is 0 Å².